The molecule has 2 N–H and O–H groups in total. The van der Waals surface area contributed by atoms with Gasteiger partial charge in [0.25, 0.3) is 0 Å². The van der Waals surface area contributed by atoms with Crippen molar-refractivity contribution in [1.29, 1.82) is 0 Å². The molecule has 0 radical (unpaired) electrons. The second-order valence-electron chi connectivity index (χ2n) is 7.00. The summed E-state index contributed by atoms with van der Waals surface area (Å²) in [5.41, 5.74) is -0.107. The van der Waals surface area contributed by atoms with E-state index in [0.29, 0.717) is 44.0 Å². The van der Waals surface area contributed by atoms with E-state index >= 15 is 0 Å². The van der Waals surface area contributed by atoms with E-state index in [1.807, 2.05) is 19.1 Å². The predicted octanol–water partition coefficient (Wildman–Crippen LogP) is 2.01. The molecule has 146 valence electrons. The molecule has 0 saturated carbocycles. The number of ether oxygens (including phenoxy) is 1. The van der Waals surface area contributed by atoms with Crippen LogP contribution in [0.2, 0.25) is 0 Å². The van der Waals surface area contributed by atoms with Crippen LogP contribution in [0.4, 0.5) is 10.5 Å². The number of nitrogens with one attached hydrogen (secondary N) is 1. The van der Waals surface area contributed by atoms with Crippen molar-refractivity contribution in [1.82, 2.24) is 9.80 Å². The van der Waals surface area contributed by atoms with Crippen molar-refractivity contribution < 1.29 is 24.2 Å². The molecule has 2 aliphatic heterocycles. The SMILES string of the molecule is CCOc1ccccc1NC(=O)N1CCC2(CC1)C(C(=O)O)CC(=O)N2C. The summed E-state index contributed by atoms with van der Waals surface area (Å²) >= 11 is 0. The molecule has 3 amide bonds. The molecule has 1 unspecified atom stereocenters. The van der Waals surface area contributed by atoms with Crippen LogP contribution in [-0.2, 0) is 9.59 Å². The number of amides is 3. The van der Waals surface area contributed by atoms with Gasteiger partial charge < -0.3 is 25.0 Å². The fourth-order valence-corrected chi connectivity index (χ4v) is 4.13. The molecule has 1 spiro atoms. The average molecular weight is 375 g/mol. The van der Waals surface area contributed by atoms with Crippen molar-refractivity contribution in [3.8, 4) is 5.75 Å². The maximum Gasteiger partial charge on any atom is 0.321 e. The Bertz CT molecular complexity index is 743. The van der Waals surface area contributed by atoms with Gasteiger partial charge in [0.05, 0.1) is 23.8 Å². The zero-order valence-corrected chi connectivity index (χ0v) is 15.6. The van der Waals surface area contributed by atoms with Gasteiger partial charge in [0.2, 0.25) is 5.91 Å². The largest absolute Gasteiger partial charge is 0.492 e. The summed E-state index contributed by atoms with van der Waals surface area (Å²) in [5, 5.41) is 12.4. The van der Waals surface area contributed by atoms with E-state index in [1.54, 1.807) is 29.0 Å². The molecular formula is C19H25N3O5. The Morgan fingerprint density at radius 1 is 1.30 bits per heavy atom. The number of carbonyl (C=O) groups excluding carboxylic acids is 2. The smallest absolute Gasteiger partial charge is 0.321 e. The number of carbonyl (C=O) groups is 3. The van der Waals surface area contributed by atoms with Crippen LogP contribution >= 0.6 is 0 Å². The molecule has 1 aromatic carbocycles. The molecule has 1 aromatic rings. The first-order valence-electron chi connectivity index (χ1n) is 9.16. The number of rotatable bonds is 4. The van der Waals surface area contributed by atoms with Crippen molar-refractivity contribution in [3.63, 3.8) is 0 Å². The van der Waals surface area contributed by atoms with Gasteiger partial charge in [-0.25, -0.2) is 4.79 Å². The van der Waals surface area contributed by atoms with E-state index in [9.17, 15) is 19.5 Å². The minimum Gasteiger partial charge on any atom is -0.492 e. The number of hydrogen-bond acceptors (Lipinski definition) is 4. The lowest BCUT2D eigenvalue weighted by Crippen LogP contribution is -2.57. The van der Waals surface area contributed by atoms with Crippen molar-refractivity contribution in [3.05, 3.63) is 24.3 Å². The van der Waals surface area contributed by atoms with Crippen LogP contribution in [-0.4, -0.2) is 65.1 Å². The van der Waals surface area contributed by atoms with Crippen molar-refractivity contribution in [2.45, 2.75) is 31.7 Å². The third-order valence-electron chi connectivity index (χ3n) is 5.71. The van der Waals surface area contributed by atoms with Gasteiger partial charge in [0, 0.05) is 26.6 Å². The first-order valence-corrected chi connectivity index (χ1v) is 9.16. The lowest BCUT2D eigenvalue weighted by atomic mass is 9.77. The molecule has 0 bridgehead atoms. The quantitative estimate of drug-likeness (QED) is 0.839. The number of anilines is 1. The number of piperidine rings is 1. The molecule has 3 rings (SSSR count). The molecule has 1 atom stereocenters. The number of hydrogen-bond donors (Lipinski definition) is 2. The minimum absolute atomic E-state index is 0.0275. The van der Waals surface area contributed by atoms with Gasteiger partial charge >= 0.3 is 12.0 Å². The molecule has 2 heterocycles. The standard InChI is InChI=1S/C19H25N3O5/c1-3-27-15-7-5-4-6-14(15)20-18(26)22-10-8-19(9-11-22)13(17(24)25)12-16(23)21(19)2/h4-7,13H,3,8-12H2,1-2H3,(H,20,26)(H,24,25). The third-order valence-corrected chi connectivity index (χ3v) is 5.71. The Hall–Kier alpha value is -2.77. The number of aliphatic carboxylic acids is 1. The van der Waals surface area contributed by atoms with Gasteiger partial charge in [-0.1, -0.05) is 12.1 Å². The zero-order valence-electron chi connectivity index (χ0n) is 15.6. The van der Waals surface area contributed by atoms with Crippen LogP contribution in [0.15, 0.2) is 24.3 Å². The minimum atomic E-state index is -0.948. The highest BCUT2D eigenvalue weighted by molar-refractivity contribution is 5.91. The van der Waals surface area contributed by atoms with Crippen molar-refractivity contribution in [2.75, 3.05) is 32.1 Å². The highest BCUT2D eigenvalue weighted by Gasteiger charge is 2.55. The Labute approximate surface area is 158 Å². The van der Waals surface area contributed by atoms with Crippen molar-refractivity contribution in [2.24, 2.45) is 5.92 Å². The molecule has 0 aliphatic carbocycles. The van der Waals surface area contributed by atoms with Crippen molar-refractivity contribution >= 4 is 23.6 Å². The van der Waals surface area contributed by atoms with Crippen LogP contribution in [0, 0.1) is 5.92 Å². The summed E-state index contributed by atoms with van der Waals surface area (Å²) < 4.78 is 5.52. The normalized spacial score (nSPS) is 21.4. The lowest BCUT2D eigenvalue weighted by Gasteiger charge is -2.45. The summed E-state index contributed by atoms with van der Waals surface area (Å²) in [6.45, 7) is 3.16. The topological polar surface area (TPSA) is 99.2 Å². The molecule has 8 nitrogen and oxygen atoms in total. The number of carboxylic acids is 1. The average Bonchev–Trinajstić information content (AvgIpc) is 2.89. The first-order chi connectivity index (χ1) is 12.9. The Balaban J connectivity index is 1.68. The second kappa shape index (κ2) is 7.46. The van der Waals surface area contributed by atoms with Crippen LogP contribution in [0.25, 0.3) is 0 Å². The summed E-state index contributed by atoms with van der Waals surface area (Å²) in [4.78, 5) is 39.6. The van der Waals surface area contributed by atoms with E-state index in [0.717, 1.165) is 0 Å². The van der Waals surface area contributed by atoms with Gasteiger partial charge in [-0.3, -0.25) is 9.59 Å². The number of carboxylic acid groups (broad SMARTS) is 1. The fraction of sp³-hybridized carbons (Fsp3) is 0.526. The number of nitrogens with zero attached hydrogens (tertiary/aromatic N) is 2. The molecular weight excluding hydrogens is 350 g/mol. The lowest BCUT2D eigenvalue weighted by molar-refractivity contribution is -0.145. The van der Waals surface area contributed by atoms with E-state index < -0.39 is 17.4 Å². The van der Waals surface area contributed by atoms with Crippen LogP contribution in [0.5, 0.6) is 5.75 Å². The van der Waals surface area contributed by atoms with E-state index in [4.69, 9.17) is 4.74 Å². The predicted molar refractivity (Wildman–Crippen MR) is 98.7 cm³/mol. The summed E-state index contributed by atoms with van der Waals surface area (Å²) in [6.07, 6.45) is 0.930. The Morgan fingerprint density at radius 3 is 2.59 bits per heavy atom. The second-order valence-corrected chi connectivity index (χ2v) is 7.00. The molecule has 2 saturated heterocycles. The van der Waals surface area contributed by atoms with Crippen LogP contribution in [0.3, 0.4) is 0 Å². The van der Waals surface area contributed by atoms with E-state index in [2.05, 4.69) is 5.32 Å². The number of urea groups is 1. The fourth-order valence-electron chi connectivity index (χ4n) is 4.13. The van der Waals surface area contributed by atoms with Gasteiger partial charge in [-0.15, -0.1) is 0 Å². The van der Waals surface area contributed by atoms with Crippen LogP contribution in [0.1, 0.15) is 26.2 Å². The summed E-state index contributed by atoms with van der Waals surface area (Å²) in [5.74, 6) is -1.21. The molecule has 8 heteroatoms. The zero-order chi connectivity index (χ0) is 19.6. The highest BCUT2D eigenvalue weighted by Crippen LogP contribution is 2.42. The maximum absolute atomic E-state index is 12.7. The Morgan fingerprint density at radius 2 is 1.96 bits per heavy atom. The highest BCUT2D eigenvalue weighted by atomic mass is 16.5. The molecule has 2 aliphatic rings. The first kappa shape index (κ1) is 19.0. The van der Waals surface area contributed by atoms with Gasteiger partial charge in [0.1, 0.15) is 5.75 Å². The number of para-hydroxylation sites is 2. The molecule has 0 aromatic heterocycles. The monoisotopic (exact) mass is 375 g/mol. The molecule has 2 fully saturated rings. The number of benzene rings is 1. The summed E-state index contributed by atoms with van der Waals surface area (Å²) in [7, 11) is 1.67. The number of likely N-dealkylation sites (tertiary alicyclic amines) is 2. The van der Waals surface area contributed by atoms with Crippen LogP contribution < -0.4 is 10.1 Å². The van der Waals surface area contributed by atoms with Gasteiger partial charge in [-0.2, -0.15) is 0 Å². The Kier molecular flexibility index (Phi) is 5.25. The van der Waals surface area contributed by atoms with E-state index in [1.165, 1.54) is 0 Å². The third kappa shape index (κ3) is 3.43. The van der Waals surface area contributed by atoms with Gasteiger partial charge in [-0.05, 0) is 31.9 Å². The maximum atomic E-state index is 12.7. The van der Waals surface area contributed by atoms with E-state index in [-0.39, 0.29) is 18.4 Å². The summed E-state index contributed by atoms with van der Waals surface area (Å²) in [6, 6.07) is 6.97. The molecule has 27 heavy (non-hydrogen) atoms. The van der Waals surface area contributed by atoms with Gasteiger partial charge in [0.15, 0.2) is 0 Å².